The van der Waals surface area contributed by atoms with E-state index in [4.69, 9.17) is 11.6 Å². The predicted molar refractivity (Wildman–Crippen MR) is 132 cm³/mol. The third-order valence-electron chi connectivity index (χ3n) is 5.08. The van der Waals surface area contributed by atoms with Crippen LogP contribution in [0.2, 0.25) is 5.02 Å². The largest absolute Gasteiger partial charge is 0.337 e. The van der Waals surface area contributed by atoms with Gasteiger partial charge in [-0.05, 0) is 78.8 Å². The summed E-state index contributed by atoms with van der Waals surface area (Å²) in [5, 5.41) is 2.00. The van der Waals surface area contributed by atoms with Gasteiger partial charge in [0.15, 0.2) is 5.17 Å². The number of nitrogens with zero attached hydrogens (tertiary/aromatic N) is 3. The first-order valence-electron chi connectivity index (χ1n) is 9.79. The van der Waals surface area contributed by atoms with Crippen LogP contribution in [-0.2, 0) is 4.79 Å². The average Bonchev–Trinajstić information content (AvgIpc) is 3.26. The summed E-state index contributed by atoms with van der Waals surface area (Å²) in [5.41, 5.74) is 3.32. The summed E-state index contributed by atoms with van der Waals surface area (Å²) in [5.74, 6) is -0.474. The minimum Gasteiger partial charge on any atom is -0.337 e. The zero-order chi connectivity index (χ0) is 22.4. The summed E-state index contributed by atoms with van der Waals surface area (Å²) in [4.78, 5) is 23.6. The van der Waals surface area contributed by atoms with Gasteiger partial charge >= 0.3 is 0 Å². The number of hydrogen-bond acceptors (Lipinski definition) is 5. The molecule has 0 atom stereocenters. The highest BCUT2D eigenvalue weighted by molar-refractivity contribution is 8.20. The van der Waals surface area contributed by atoms with Crippen molar-refractivity contribution >= 4 is 63.3 Å². The molecule has 2 heterocycles. The van der Waals surface area contributed by atoms with Crippen molar-refractivity contribution < 1.29 is 9.18 Å². The maximum Gasteiger partial charge on any atom is 0.274 e. The number of halogens is 2. The van der Waals surface area contributed by atoms with Gasteiger partial charge in [-0.25, -0.2) is 9.38 Å². The van der Waals surface area contributed by atoms with Crippen LogP contribution in [-0.4, -0.2) is 18.1 Å². The van der Waals surface area contributed by atoms with Crippen LogP contribution >= 0.6 is 35.1 Å². The normalized spacial score (nSPS) is 19.2. The van der Waals surface area contributed by atoms with Crippen LogP contribution in [0.5, 0.6) is 0 Å². The Labute approximate surface area is 198 Å². The van der Waals surface area contributed by atoms with Crippen LogP contribution in [0.15, 0.2) is 86.6 Å². The van der Waals surface area contributed by atoms with Crippen molar-refractivity contribution in [2.75, 3.05) is 16.8 Å². The van der Waals surface area contributed by atoms with E-state index in [1.54, 1.807) is 17.0 Å². The summed E-state index contributed by atoms with van der Waals surface area (Å²) in [7, 11) is 1.93. The monoisotopic (exact) mass is 481 g/mol. The molecule has 0 aliphatic carbocycles. The molecule has 2 aliphatic rings. The minimum absolute atomic E-state index is 0.144. The van der Waals surface area contributed by atoms with Gasteiger partial charge < -0.3 is 4.90 Å². The predicted octanol–water partition coefficient (Wildman–Crippen LogP) is 6.97. The van der Waals surface area contributed by atoms with Crippen LogP contribution < -0.4 is 9.80 Å². The van der Waals surface area contributed by atoms with E-state index in [1.165, 1.54) is 35.7 Å². The second kappa shape index (κ2) is 8.31. The molecule has 0 bridgehead atoms. The number of rotatable bonds is 2. The zero-order valence-electron chi connectivity index (χ0n) is 17.2. The van der Waals surface area contributed by atoms with Crippen molar-refractivity contribution in [2.45, 2.75) is 11.8 Å². The number of fused-ring (bicyclic) bond motifs is 1. The van der Waals surface area contributed by atoms with Crippen LogP contribution in [0.25, 0.3) is 0 Å². The van der Waals surface area contributed by atoms with Crippen LogP contribution in [0.4, 0.5) is 21.5 Å². The van der Waals surface area contributed by atoms with Gasteiger partial charge in [0, 0.05) is 17.0 Å². The first-order chi connectivity index (χ1) is 15.4. The maximum absolute atomic E-state index is 13.7. The molecule has 1 fully saturated rings. The maximum atomic E-state index is 13.7. The van der Waals surface area contributed by atoms with Gasteiger partial charge in [0.05, 0.1) is 22.1 Å². The summed E-state index contributed by atoms with van der Waals surface area (Å²) in [6.07, 6.45) is 0. The molecule has 0 spiro atoms. The molecule has 0 radical (unpaired) electrons. The summed E-state index contributed by atoms with van der Waals surface area (Å²) < 4.78 is 13.4. The fraction of sp³-hybridized carbons (Fsp3) is 0.0833. The molecule has 2 aliphatic heterocycles. The summed E-state index contributed by atoms with van der Waals surface area (Å²) in [6, 6.07) is 19.4. The fourth-order valence-electron chi connectivity index (χ4n) is 3.52. The molecule has 0 unspecified atom stereocenters. The van der Waals surface area contributed by atoms with E-state index >= 15 is 0 Å². The number of thioether (sulfide) groups is 2. The molecular weight excluding hydrogens is 465 g/mol. The summed E-state index contributed by atoms with van der Waals surface area (Å²) in [6.45, 7) is 1.98. The van der Waals surface area contributed by atoms with Gasteiger partial charge in [0.1, 0.15) is 10.7 Å². The van der Waals surface area contributed by atoms with E-state index < -0.39 is 0 Å². The number of amides is 1. The van der Waals surface area contributed by atoms with Crippen molar-refractivity contribution in [3.63, 3.8) is 0 Å². The molecule has 4 nitrogen and oxygen atoms in total. The Morgan fingerprint density at radius 3 is 2.53 bits per heavy atom. The number of aryl methyl sites for hydroxylation is 1. The van der Waals surface area contributed by atoms with E-state index in [1.807, 2.05) is 61.3 Å². The molecule has 32 heavy (non-hydrogen) atoms. The molecule has 3 aromatic rings. The third kappa shape index (κ3) is 3.81. The number of carbonyl (C=O) groups is 1. The molecule has 0 N–H and O–H groups in total. The molecule has 8 heteroatoms. The number of anilines is 2. The molecule has 1 saturated heterocycles. The number of amidine groups is 1. The lowest BCUT2D eigenvalue weighted by Gasteiger charge is -2.17. The Kier molecular flexibility index (Phi) is 5.49. The molecular formula is C24H17ClFN3OS2. The van der Waals surface area contributed by atoms with E-state index in [2.05, 4.69) is 4.99 Å². The lowest BCUT2D eigenvalue weighted by molar-refractivity contribution is -0.113. The Morgan fingerprint density at radius 2 is 1.78 bits per heavy atom. The highest BCUT2D eigenvalue weighted by atomic mass is 35.5. The van der Waals surface area contributed by atoms with E-state index in [-0.39, 0.29) is 11.7 Å². The van der Waals surface area contributed by atoms with Gasteiger partial charge in [-0.1, -0.05) is 35.5 Å². The smallest absolute Gasteiger partial charge is 0.274 e. The van der Waals surface area contributed by atoms with E-state index in [0.29, 0.717) is 20.8 Å². The van der Waals surface area contributed by atoms with Crippen molar-refractivity contribution in [1.82, 2.24) is 0 Å². The number of hydrogen-bond donors (Lipinski definition) is 0. The van der Waals surface area contributed by atoms with Crippen molar-refractivity contribution in [3.8, 4) is 0 Å². The zero-order valence-corrected chi connectivity index (χ0v) is 19.6. The fourth-order valence-corrected chi connectivity index (χ4v) is 6.01. The minimum atomic E-state index is -0.331. The standard InChI is InChI=1S/C24H17ClFN3OS2/c1-14-4-3-5-18(12-14)29-22(30)21(32-24(29)27-17-9-7-16(26)8-10-17)23-28(2)19-13-15(25)6-11-20(19)31-23/h3-13H,1-2H3. The van der Waals surface area contributed by atoms with E-state index in [9.17, 15) is 9.18 Å². The van der Waals surface area contributed by atoms with Crippen molar-refractivity contribution in [1.29, 1.82) is 0 Å². The second-order valence-corrected chi connectivity index (χ2v) is 9.80. The average molecular weight is 482 g/mol. The number of aliphatic imine (C=N–C) groups is 1. The van der Waals surface area contributed by atoms with E-state index in [0.717, 1.165) is 26.9 Å². The second-order valence-electron chi connectivity index (χ2n) is 7.36. The number of carbonyl (C=O) groups excluding carboxylic acids is 1. The van der Waals surface area contributed by atoms with Crippen LogP contribution in [0.3, 0.4) is 0 Å². The van der Waals surface area contributed by atoms with Crippen LogP contribution in [0.1, 0.15) is 5.56 Å². The molecule has 0 saturated carbocycles. The molecule has 1 amide bonds. The third-order valence-corrected chi connectivity index (χ3v) is 7.71. The number of benzene rings is 3. The Bertz CT molecular complexity index is 1310. The molecule has 160 valence electrons. The summed E-state index contributed by atoms with van der Waals surface area (Å²) >= 11 is 9.05. The quantitative estimate of drug-likeness (QED) is 0.370. The van der Waals surface area contributed by atoms with Gasteiger partial charge in [-0.15, -0.1) is 0 Å². The van der Waals surface area contributed by atoms with Gasteiger partial charge in [0.25, 0.3) is 5.91 Å². The Morgan fingerprint density at radius 1 is 1.00 bits per heavy atom. The topological polar surface area (TPSA) is 35.9 Å². The highest BCUT2D eigenvalue weighted by Crippen LogP contribution is 2.51. The highest BCUT2D eigenvalue weighted by Gasteiger charge is 2.40. The van der Waals surface area contributed by atoms with Crippen molar-refractivity contribution in [3.05, 3.63) is 93.1 Å². The lowest BCUT2D eigenvalue weighted by atomic mass is 10.2. The SMILES string of the molecule is Cc1cccc(N2C(=O)C(=C3Sc4ccc(Cl)cc4N3C)SC2=Nc2ccc(F)cc2)c1. The molecule has 0 aromatic heterocycles. The van der Waals surface area contributed by atoms with Gasteiger partial charge in [0.2, 0.25) is 0 Å². The van der Waals surface area contributed by atoms with Crippen LogP contribution in [0, 0.1) is 12.7 Å². The molecule has 5 rings (SSSR count). The van der Waals surface area contributed by atoms with Gasteiger partial charge in [-0.2, -0.15) is 0 Å². The van der Waals surface area contributed by atoms with Gasteiger partial charge in [-0.3, -0.25) is 9.69 Å². The first-order valence-corrected chi connectivity index (χ1v) is 11.8. The Balaban J connectivity index is 1.61. The Hall–Kier alpha value is -2.74. The molecule has 3 aromatic carbocycles. The lowest BCUT2D eigenvalue weighted by Crippen LogP contribution is -2.29. The first kappa shape index (κ1) is 21.1. The van der Waals surface area contributed by atoms with Crippen molar-refractivity contribution in [2.24, 2.45) is 4.99 Å².